The lowest BCUT2D eigenvalue weighted by Crippen LogP contribution is -2.52. The van der Waals surface area contributed by atoms with E-state index in [9.17, 15) is 32.7 Å². The third kappa shape index (κ3) is 9.09. The Hall–Kier alpha value is -4.33. The van der Waals surface area contributed by atoms with E-state index >= 15 is 0 Å². The van der Waals surface area contributed by atoms with Gasteiger partial charge in [0.25, 0.3) is 11.8 Å². The van der Waals surface area contributed by atoms with Crippen LogP contribution in [0.1, 0.15) is 32.8 Å². The zero-order valence-corrected chi connectivity index (χ0v) is 26.0. The lowest BCUT2D eigenvalue weighted by molar-refractivity contribution is -0.137. The van der Waals surface area contributed by atoms with Gasteiger partial charge < -0.3 is 30.4 Å². The summed E-state index contributed by atoms with van der Waals surface area (Å²) in [6, 6.07) is 2.60. The van der Waals surface area contributed by atoms with Crippen molar-refractivity contribution in [2.24, 2.45) is 9.98 Å². The first-order valence-corrected chi connectivity index (χ1v) is 14.0. The molecule has 1 heterocycles. The van der Waals surface area contributed by atoms with Crippen molar-refractivity contribution in [3.05, 3.63) is 64.3 Å². The van der Waals surface area contributed by atoms with E-state index in [1.165, 1.54) is 36.4 Å². The SMILES string of the molecule is C=CN=C(C(=O)N1CCN(/C(C(=O)NC)=C(\CC)N(C=NC)CC(=O)Nc2ccc(C(F)(F)F)cc2Cl)CC1)C(O)=C(C)C. The predicted molar refractivity (Wildman–Crippen MR) is 164 cm³/mol. The third-order valence-electron chi connectivity index (χ3n) is 6.54. The molecule has 0 atom stereocenters. The summed E-state index contributed by atoms with van der Waals surface area (Å²) in [7, 11) is 2.95. The number of rotatable bonds is 11. The van der Waals surface area contributed by atoms with Crippen molar-refractivity contribution in [3.8, 4) is 0 Å². The molecule has 2 rings (SSSR count). The second-order valence-corrected chi connectivity index (χ2v) is 10.2. The Labute approximate surface area is 259 Å². The summed E-state index contributed by atoms with van der Waals surface area (Å²) >= 11 is 6.00. The molecule has 0 radical (unpaired) electrons. The molecule has 0 unspecified atom stereocenters. The number of likely N-dealkylation sites (N-methyl/N-ethyl adjacent to an activating group) is 1. The molecule has 44 heavy (non-hydrogen) atoms. The fraction of sp³-hybridized carbons (Fsp3) is 0.414. The normalized spacial score (nSPS) is 14.6. The number of hydrogen-bond acceptors (Lipinski definition) is 7. The number of hydrogen-bond donors (Lipinski definition) is 3. The van der Waals surface area contributed by atoms with Gasteiger partial charge in [-0.25, -0.2) is 4.99 Å². The van der Waals surface area contributed by atoms with Gasteiger partial charge >= 0.3 is 6.18 Å². The van der Waals surface area contributed by atoms with Crippen molar-refractivity contribution in [2.75, 3.05) is 52.1 Å². The van der Waals surface area contributed by atoms with Gasteiger partial charge in [-0.15, -0.1) is 0 Å². The van der Waals surface area contributed by atoms with Crippen LogP contribution in [0.4, 0.5) is 18.9 Å². The zero-order valence-electron chi connectivity index (χ0n) is 25.3. The van der Waals surface area contributed by atoms with Gasteiger partial charge in [0, 0.05) is 52.2 Å². The van der Waals surface area contributed by atoms with Gasteiger partial charge in [0.1, 0.15) is 18.0 Å². The maximum absolute atomic E-state index is 13.2. The van der Waals surface area contributed by atoms with Gasteiger partial charge in [0.05, 0.1) is 22.6 Å². The van der Waals surface area contributed by atoms with Gasteiger partial charge in [0.15, 0.2) is 5.71 Å². The highest BCUT2D eigenvalue weighted by Gasteiger charge is 2.32. The molecule has 240 valence electrons. The molecule has 11 nitrogen and oxygen atoms in total. The number of anilines is 1. The lowest BCUT2D eigenvalue weighted by Gasteiger charge is -2.38. The highest BCUT2D eigenvalue weighted by atomic mass is 35.5. The van der Waals surface area contributed by atoms with Crippen LogP contribution in [0.2, 0.25) is 5.02 Å². The van der Waals surface area contributed by atoms with E-state index in [0.717, 1.165) is 18.2 Å². The number of aliphatic hydroxyl groups is 1. The average Bonchev–Trinajstić information content (AvgIpc) is 2.98. The number of nitrogens with one attached hydrogen (secondary N) is 2. The number of amides is 3. The van der Waals surface area contributed by atoms with E-state index in [2.05, 4.69) is 27.2 Å². The molecule has 3 N–H and O–H groups in total. The molecule has 1 aliphatic rings. The fourth-order valence-electron chi connectivity index (χ4n) is 4.39. The summed E-state index contributed by atoms with van der Waals surface area (Å²) < 4.78 is 39.0. The van der Waals surface area contributed by atoms with Gasteiger partial charge in [-0.1, -0.05) is 25.1 Å². The average molecular weight is 640 g/mol. The van der Waals surface area contributed by atoms with E-state index in [4.69, 9.17) is 11.6 Å². The number of halogens is 4. The van der Waals surface area contributed by atoms with Crippen LogP contribution >= 0.6 is 11.6 Å². The van der Waals surface area contributed by atoms with Crippen molar-refractivity contribution >= 4 is 47.1 Å². The number of aliphatic imine (C=N–C) groups is 2. The van der Waals surface area contributed by atoms with Gasteiger partial charge in [-0.3, -0.25) is 19.4 Å². The quantitative estimate of drug-likeness (QED) is 0.144. The Morgan fingerprint density at radius 1 is 1.16 bits per heavy atom. The first kappa shape index (κ1) is 35.9. The molecule has 1 aromatic rings. The summed E-state index contributed by atoms with van der Waals surface area (Å²) in [6.07, 6.45) is -1.75. The highest BCUT2D eigenvalue weighted by molar-refractivity contribution is 6.44. The summed E-state index contributed by atoms with van der Waals surface area (Å²) in [5.74, 6) is -1.76. The number of piperazine rings is 1. The molecule has 0 spiro atoms. The van der Waals surface area contributed by atoms with E-state index in [-0.39, 0.29) is 60.6 Å². The second-order valence-electron chi connectivity index (χ2n) is 9.76. The van der Waals surface area contributed by atoms with Crippen LogP contribution in [-0.4, -0.2) is 96.4 Å². The molecule has 1 aliphatic heterocycles. The summed E-state index contributed by atoms with van der Waals surface area (Å²) in [6.45, 7) is 9.18. The molecule has 0 aliphatic carbocycles. The van der Waals surface area contributed by atoms with E-state index < -0.39 is 29.5 Å². The molecule has 1 fully saturated rings. The van der Waals surface area contributed by atoms with E-state index in [0.29, 0.717) is 17.7 Å². The minimum absolute atomic E-state index is 0.00842. The molecule has 3 amide bonds. The van der Waals surface area contributed by atoms with Crippen molar-refractivity contribution < 1.29 is 32.7 Å². The number of nitrogens with zero attached hydrogens (tertiary/aromatic N) is 5. The number of carbonyl (C=O) groups is 3. The number of benzene rings is 1. The number of alkyl halides is 3. The molecule has 0 aromatic heterocycles. The van der Waals surface area contributed by atoms with E-state index in [1.807, 2.05) is 0 Å². The molecule has 1 saturated heterocycles. The van der Waals surface area contributed by atoms with E-state index in [1.54, 1.807) is 25.7 Å². The van der Waals surface area contributed by atoms with Crippen LogP contribution < -0.4 is 10.6 Å². The molecular formula is C29H37ClF3N7O4. The summed E-state index contributed by atoms with van der Waals surface area (Å²) in [5, 5.41) is 15.2. The Balaban J connectivity index is 2.34. The Morgan fingerprint density at radius 3 is 2.25 bits per heavy atom. The maximum Gasteiger partial charge on any atom is 0.416 e. The molecule has 0 bridgehead atoms. The van der Waals surface area contributed by atoms with Crippen LogP contribution in [0, 0.1) is 0 Å². The van der Waals surface area contributed by atoms with Crippen LogP contribution in [0.3, 0.4) is 0 Å². The molecule has 15 heteroatoms. The number of carbonyl (C=O) groups excluding carboxylic acids is 3. The van der Waals surface area contributed by atoms with Crippen molar-refractivity contribution in [3.63, 3.8) is 0 Å². The van der Waals surface area contributed by atoms with Gasteiger partial charge in [-0.2, -0.15) is 13.2 Å². The monoisotopic (exact) mass is 639 g/mol. The molecule has 1 aromatic carbocycles. The fourth-order valence-corrected chi connectivity index (χ4v) is 4.62. The third-order valence-corrected chi connectivity index (χ3v) is 6.85. The largest absolute Gasteiger partial charge is 0.506 e. The standard InChI is InChI=1S/C29H37ClF3N7O4/c1-7-22(40(17-34-5)16-23(41)37-21-10-9-19(15-20(21)30)29(31,32)33)25(27(43)35-6)38-11-13-39(14-12-38)28(44)24(36-8-2)26(42)18(3)4/h8-10,15,17,42H,2,7,11-14,16H2,1,3-6H3,(H,35,43)(H,37,41)/b25-22+,34-17?,36-24?. The van der Waals surface area contributed by atoms with Crippen molar-refractivity contribution in [1.82, 2.24) is 20.0 Å². The van der Waals surface area contributed by atoms with Crippen LogP contribution in [-0.2, 0) is 20.6 Å². The first-order valence-electron chi connectivity index (χ1n) is 13.6. The van der Waals surface area contributed by atoms with Crippen molar-refractivity contribution in [2.45, 2.75) is 33.4 Å². The molecular weight excluding hydrogens is 603 g/mol. The van der Waals surface area contributed by atoms with Crippen molar-refractivity contribution in [1.29, 1.82) is 0 Å². The van der Waals surface area contributed by atoms with Crippen LogP contribution in [0.15, 0.2) is 63.7 Å². The summed E-state index contributed by atoms with van der Waals surface area (Å²) in [4.78, 5) is 52.1. The van der Waals surface area contributed by atoms with Crippen LogP contribution in [0.25, 0.3) is 0 Å². The highest BCUT2D eigenvalue weighted by Crippen LogP contribution is 2.33. The topological polar surface area (TPSA) is 130 Å². The first-order chi connectivity index (χ1) is 20.7. The van der Waals surface area contributed by atoms with Gasteiger partial charge in [-0.05, 0) is 44.0 Å². The van der Waals surface area contributed by atoms with Crippen LogP contribution in [0.5, 0.6) is 0 Å². The molecule has 0 saturated carbocycles. The maximum atomic E-state index is 13.2. The number of aliphatic hydroxyl groups excluding tert-OH is 1. The number of allylic oxidation sites excluding steroid dienone is 2. The lowest BCUT2D eigenvalue weighted by atomic mass is 10.1. The minimum atomic E-state index is -4.59. The zero-order chi connectivity index (χ0) is 33.2. The second kappa shape index (κ2) is 15.9. The predicted octanol–water partition coefficient (Wildman–Crippen LogP) is 4.21. The minimum Gasteiger partial charge on any atom is -0.506 e. The summed E-state index contributed by atoms with van der Waals surface area (Å²) in [5.41, 5.74) is 0.123. The Bertz CT molecular complexity index is 1380. The smallest absolute Gasteiger partial charge is 0.416 e. The van der Waals surface area contributed by atoms with Gasteiger partial charge in [0.2, 0.25) is 5.91 Å². The Kier molecular flexibility index (Phi) is 13.0. The Morgan fingerprint density at radius 2 is 1.77 bits per heavy atom.